The number of carbonyl (C=O) groups is 1. The zero-order chi connectivity index (χ0) is 14.8. The number of nitrogens with zero attached hydrogens (tertiary/aromatic N) is 1. The minimum absolute atomic E-state index is 0.127. The predicted molar refractivity (Wildman–Crippen MR) is 65.5 cm³/mol. The Morgan fingerprint density at radius 2 is 2.00 bits per heavy atom. The van der Waals surface area contributed by atoms with Gasteiger partial charge in [-0.3, -0.25) is 4.79 Å². The molecule has 0 bridgehead atoms. The molecule has 8 heteroatoms. The van der Waals surface area contributed by atoms with Crippen LogP contribution >= 0.6 is 0 Å². The molecule has 1 amide bonds. The maximum Gasteiger partial charge on any atom is 0.255 e. The van der Waals surface area contributed by atoms with E-state index in [4.69, 9.17) is 5.14 Å². The molecule has 0 unspecified atom stereocenters. The van der Waals surface area contributed by atoms with Crippen molar-refractivity contribution >= 4 is 15.9 Å². The summed E-state index contributed by atoms with van der Waals surface area (Å²) in [4.78, 5) is 12.6. The van der Waals surface area contributed by atoms with Gasteiger partial charge < -0.3 is 4.90 Å². The van der Waals surface area contributed by atoms with Crippen molar-refractivity contribution in [2.45, 2.75) is 18.2 Å². The first-order chi connectivity index (χ1) is 8.62. The third kappa shape index (κ3) is 3.97. The van der Waals surface area contributed by atoms with Crippen molar-refractivity contribution in [1.29, 1.82) is 0 Å². The number of primary sulfonamides is 1. The number of rotatable bonds is 4. The number of hydrogen-bond acceptors (Lipinski definition) is 3. The highest BCUT2D eigenvalue weighted by Gasteiger charge is 2.19. The maximum atomic E-state index is 12.2. The van der Waals surface area contributed by atoms with Crippen molar-refractivity contribution < 1.29 is 22.0 Å². The lowest BCUT2D eigenvalue weighted by Crippen LogP contribution is -2.31. The normalized spacial score (nSPS) is 11.7. The van der Waals surface area contributed by atoms with Crippen LogP contribution in [0.15, 0.2) is 23.1 Å². The van der Waals surface area contributed by atoms with Crippen LogP contribution in [0.4, 0.5) is 8.78 Å². The summed E-state index contributed by atoms with van der Waals surface area (Å²) >= 11 is 0. The van der Waals surface area contributed by atoms with Gasteiger partial charge in [0.25, 0.3) is 12.3 Å². The predicted octanol–water partition coefficient (Wildman–Crippen LogP) is 0.980. The van der Waals surface area contributed by atoms with E-state index in [1.54, 1.807) is 0 Å². The highest BCUT2D eigenvalue weighted by atomic mass is 32.2. The van der Waals surface area contributed by atoms with Gasteiger partial charge in [0.2, 0.25) is 10.0 Å². The SMILES string of the molecule is Cc1cc(S(N)(=O)=O)ccc1C(=O)N(C)CC(F)F. The molecule has 0 aromatic heterocycles. The highest BCUT2D eigenvalue weighted by Crippen LogP contribution is 2.16. The van der Waals surface area contributed by atoms with Crippen LogP contribution in [0.3, 0.4) is 0 Å². The number of benzene rings is 1. The van der Waals surface area contributed by atoms with Crippen molar-refractivity contribution in [3.63, 3.8) is 0 Å². The number of hydrogen-bond donors (Lipinski definition) is 1. The fourth-order valence-corrected chi connectivity index (χ4v) is 2.15. The van der Waals surface area contributed by atoms with E-state index in [2.05, 4.69) is 0 Å². The van der Waals surface area contributed by atoms with Crippen molar-refractivity contribution in [2.24, 2.45) is 5.14 Å². The van der Waals surface area contributed by atoms with Crippen LogP contribution in [0.5, 0.6) is 0 Å². The maximum absolute atomic E-state index is 12.2. The minimum Gasteiger partial charge on any atom is -0.336 e. The number of nitrogens with two attached hydrogens (primary N) is 1. The van der Waals surface area contributed by atoms with Crippen molar-refractivity contribution in [3.8, 4) is 0 Å². The first-order valence-corrected chi connectivity index (χ1v) is 6.84. The van der Waals surface area contributed by atoms with E-state index in [1.807, 2.05) is 0 Å². The molecule has 2 N–H and O–H groups in total. The van der Waals surface area contributed by atoms with Crippen LogP contribution in [-0.4, -0.2) is 39.2 Å². The highest BCUT2D eigenvalue weighted by molar-refractivity contribution is 7.89. The molecule has 0 radical (unpaired) electrons. The Morgan fingerprint density at radius 3 is 2.42 bits per heavy atom. The molecule has 5 nitrogen and oxygen atoms in total. The average Bonchev–Trinajstić information content (AvgIpc) is 2.25. The second-order valence-corrected chi connectivity index (χ2v) is 5.66. The van der Waals surface area contributed by atoms with Crippen molar-refractivity contribution in [3.05, 3.63) is 29.3 Å². The molecule has 0 heterocycles. The first kappa shape index (κ1) is 15.5. The Morgan fingerprint density at radius 1 is 1.42 bits per heavy atom. The third-order valence-electron chi connectivity index (χ3n) is 2.52. The van der Waals surface area contributed by atoms with E-state index in [1.165, 1.54) is 32.2 Å². The van der Waals surface area contributed by atoms with E-state index in [0.717, 1.165) is 4.90 Å². The van der Waals surface area contributed by atoms with Crippen LogP contribution in [0.25, 0.3) is 0 Å². The van der Waals surface area contributed by atoms with E-state index in [9.17, 15) is 22.0 Å². The Kier molecular flexibility index (Phi) is 4.59. The summed E-state index contributed by atoms with van der Waals surface area (Å²) < 4.78 is 46.6. The fourth-order valence-electron chi connectivity index (χ4n) is 1.55. The number of sulfonamides is 1. The number of amides is 1. The standard InChI is InChI=1S/C11H14F2N2O3S/c1-7-5-8(19(14,17)18)3-4-9(7)11(16)15(2)6-10(12)13/h3-5,10H,6H2,1-2H3,(H2,14,17,18). The van der Waals surface area contributed by atoms with Crippen LogP contribution in [0.1, 0.15) is 15.9 Å². The van der Waals surface area contributed by atoms with E-state index in [-0.39, 0.29) is 10.5 Å². The molecule has 0 aliphatic rings. The first-order valence-electron chi connectivity index (χ1n) is 5.30. The summed E-state index contributed by atoms with van der Waals surface area (Å²) in [5, 5.41) is 4.96. The largest absolute Gasteiger partial charge is 0.336 e. The monoisotopic (exact) mass is 292 g/mol. The Hall–Kier alpha value is -1.54. The summed E-state index contributed by atoms with van der Waals surface area (Å²) in [5.41, 5.74) is 0.521. The molecule has 0 saturated heterocycles. The van der Waals surface area contributed by atoms with E-state index in [0.29, 0.717) is 5.56 Å². The lowest BCUT2D eigenvalue weighted by molar-refractivity contribution is 0.0619. The molecule has 106 valence electrons. The molecule has 0 fully saturated rings. The molecule has 0 spiro atoms. The van der Waals surface area contributed by atoms with Gasteiger partial charge in [-0.2, -0.15) is 0 Å². The molecule has 1 rings (SSSR count). The van der Waals surface area contributed by atoms with Crippen LogP contribution in [0, 0.1) is 6.92 Å². The van der Waals surface area contributed by atoms with Gasteiger partial charge in [0.1, 0.15) is 0 Å². The van der Waals surface area contributed by atoms with Crippen molar-refractivity contribution in [1.82, 2.24) is 4.90 Å². The average molecular weight is 292 g/mol. The second-order valence-electron chi connectivity index (χ2n) is 4.10. The Bertz CT molecular complexity index is 588. The van der Waals surface area contributed by atoms with Crippen LogP contribution in [-0.2, 0) is 10.0 Å². The number of carbonyl (C=O) groups excluding carboxylic acids is 1. The summed E-state index contributed by atoms with van der Waals surface area (Å²) in [6.07, 6.45) is -2.63. The topological polar surface area (TPSA) is 80.5 Å². The molecule has 1 aromatic rings. The number of halogens is 2. The summed E-state index contributed by atoms with van der Waals surface area (Å²) in [5.74, 6) is -0.598. The second kappa shape index (κ2) is 5.62. The third-order valence-corrected chi connectivity index (χ3v) is 3.43. The Labute approximate surface area is 110 Å². The van der Waals surface area contributed by atoms with Gasteiger partial charge in [0, 0.05) is 12.6 Å². The van der Waals surface area contributed by atoms with Gasteiger partial charge in [0.15, 0.2) is 0 Å². The van der Waals surface area contributed by atoms with Crippen LogP contribution in [0.2, 0.25) is 0 Å². The van der Waals surface area contributed by atoms with E-state index < -0.39 is 28.9 Å². The summed E-state index contributed by atoms with van der Waals surface area (Å²) in [6, 6.07) is 3.67. The Balaban J connectivity index is 3.07. The number of aryl methyl sites for hydroxylation is 1. The minimum atomic E-state index is -3.85. The number of alkyl halides is 2. The smallest absolute Gasteiger partial charge is 0.255 e. The molecule has 1 aromatic carbocycles. The van der Waals surface area contributed by atoms with Gasteiger partial charge in [-0.05, 0) is 30.7 Å². The lowest BCUT2D eigenvalue weighted by atomic mass is 10.1. The summed E-state index contributed by atoms with van der Waals surface area (Å²) in [6.45, 7) is 0.827. The quantitative estimate of drug-likeness (QED) is 0.898. The van der Waals surface area contributed by atoms with Crippen molar-refractivity contribution in [2.75, 3.05) is 13.6 Å². The molecule has 0 aliphatic carbocycles. The zero-order valence-corrected chi connectivity index (χ0v) is 11.2. The zero-order valence-electron chi connectivity index (χ0n) is 10.4. The van der Waals surface area contributed by atoms with Gasteiger partial charge in [-0.25, -0.2) is 22.3 Å². The van der Waals surface area contributed by atoms with Gasteiger partial charge in [0.05, 0.1) is 11.4 Å². The molecule has 0 saturated carbocycles. The summed E-state index contributed by atoms with van der Waals surface area (Å²) in [7, 11) is -2.60. The molecule has 0 atom stereocenters. The van der Waals surface area contributed by atoms with Crippen LogP contribution < -0.4 is 5.14 Å². The van der Waals surface area contributed by atoms with E-state index >= 15 is 0 Å². The lowest BCUT2D eigenvalue weighted by Gasteiger charge is -2.18. The fraction of sp³-hybridized carbons (Fsp3) is 0.364. The van der Waals surface area contributed by atoms with Gasteiger partial charge in [-0.1, -0.05) is 0 Å². The molecular weight excluding hydrogens is 278 g/mol. The molecule has 19 heavy (non-hydrogen) atoms. The molecule has 0 aliphatic heterocycles. The van der Waals surface area contributed by atoms with Gasteiger partial charge >= 0.3 is 0 Å². The molecular formula is C11H14F2N2O3S. The van der Waals surface area contributed by atoms with Gasteiger partial charge in [-0.15, -0.1) is 0 Å².